The Morgan fingerprint density at radius 3 is 2.38 bits per heavy atom. The Bertz CT molecular complexity index is 1390. The van der Waals surface area contributed by atoms with Gasteiger partial charge in [-0.2, -0.15) is 0 Å². The summed E-state index contributed by atoms with van der Waals surface area (Å²) in [6.07, 6.45) is 3.90. The van der Waals surface area contributed by atoms with Gasteiger partial charge < -0.3 is 20.9 Å². The molecule has 0 saturated carbocycles. The Morgan fingerprint density at radius 2 is 1.57 bits per heavy atom. The lowest BCUT2D eigenvalue weighted by Crippen LogP contribution is -2.41. The number of nitrogens with two attached hydrogens (primary N) is 2. The first kappa shape index (κ1) is 27.8. The van der Waals surface area contributed by atoms with Crippen LogP contribution in [0.2, 0.25) is 0 Å². The molecule has 0 radical (unpaired) electrons. The number of nitrogen functional groups attached to an aromatic ring is 1. The highest BCUT2D eigenvalue weighted by Crippen LogP contribution is 2.25. The molecule has 0 amide bonds. The Hall–Kier alpha value is -3.79. The summed E-state index contributed by atoms with van der Waals surface area (Å²) in [7, 11) is 0. The molecule has 2 saturated heterocycles. The van der Waals surface area contributed by atoms with Crippen molar-refractivity contribution in [1.29, 1.82) is 10.8 Å². The summed E-state index contributed by atoms with van der Waals surface area (Å²) >= 11 is 0. The number of hydrogen-bond acceptors (Lipinski definition) is 7. The molecule has 2 aliphatic rings. The topological polar surface area (TPSA) is 137 Å². The van der Waals surface area contributed by atoms with Gasteiger partial charge in [-0.05, 0) is 73.1 Å². The predicted molar refractivity (Wildman–Crippen MR) is 162 cm³/mol. The van der Waals surface area contributed by atoms with E-state index >= 15 is 0 Å². The molecule has 6 N–H and O–H groups in total. The van der Waals surface area contributed by atoms with E-state index < -0.39 is 0 Å². The van der Waals surface area contributed by atoms with Crippen LogP contribution in [0.1, 0.15) is 36.0 Å². The molecule has 0 spiro atoms. The molecule has 2 fully saturated rings. The van der Waals surface area contributed by atoms with Gasteiger partial charge in [0.1, 0.15) is 18.2 Å². The maximum absolute atomic E-state index is 8.91. The average molecular weight is 542 g/mol. The number of fused-ring (bicyclic) bond motifs is 1. The van der Waals surface area contributed by atoms with E-state index in [4.69, 9.17) is 31.8 Å². The van der Waals surface area contributed by atoms with Crippen LogP contribution in [0.4, 0.5) is 5.69 Å². The van der Waals surface area contributed by atoms with Crippen molar-refractivity contribution in [1.82, 2.24) is 9.80 Å². The average Bonchev–Trinajstić information content (AvgIpc) is 2.97. The van der Waals surface area contributed by atoms with Crippen molar-refractivity contribution >= 4 is 33.8 Å². The number of likely N-dealkylation sites (tertiary alicyclic amines) is 1. The molecule has 0 bridgehead atoms. The molecule has 0 unspecified atom stereocenters. The minimum Gasteiger partial charge on any atom is -0.492 e. The minimum absolute atomic E-state index is 0.0473. The first-order valence-electron chi connectivity index (χ1n) is 14.1. The Morgan fingerprint density at radius 1 is 0.850 bits per heavy atom. The number of hydrogen-bond donors (Lipinski definition) is 4. The van der Waals surface area contributed by atoms with E-state index in [0.717, 1.165) is 41.7 Å². The maximum Gasteiger partial charge on any atom is 0.153 e. The molecular weight excluding hydrogens is 502 g/mol. The number of amidine groups is 2. The van der Waals surface area contributed by atoms with Crippen molar-refractivity contribution in [2.75, 3.05) is 64.8 Å². The van der Waals surface area contributed by atoms with E-state index in [0.29, 0.717) is 54.7 Å². The third kappa shape index (κ3) is 7.04. The van der Waals surface area contributed by atoms with Crippen molar-refractivity contribution < 1.29 is 9.47 Å². The maximum atomic E-state index is 8.91. The number of morpholine rings is 1. The predicted octanol–water partition coefficient (Wildman–Crippen LogP) is 3.72. The molecule has 0 aliphatic carbocycles. The summed E-state index contributed by atoms with van der Waals surface area (Å²) < 4.78 is 11.4. The second kappa shape index (κ2) is 13.0. The third-order valence-corrected chi connectivity index (χ3v) is 7.57. The molecule has 0 atom stereocenters. The molecule has 2 heterocycles. The Kier molecular flexibility index (Phi) is 9.05. The van der Waals surface area contributed by atoms with Gasteiger partial charge >= 0.3 is 0 Å². The molecule has 3 aromatic carbocycles. The number of nitrogens with zero attached hydrogens (tertiary/aromatic N) is 3. The summed E-state index contributed by atoms with van der Waals surface area (Å²) in [5.74, 6) is 1.28. The van der Waals surface area contributed by atoms with Gasteiger partial charge in [0.05, 0.1) is 25.5 Å². The SMILES string of the molecule is N=C(N=C(N)CN1CCOCC1)c1ccc(N)c(C(=N)c2ccc3cc(OCCN4CCCCC4)ccc3c2)c1. The second-order valence-corrected chi connectivity index (χ2v) is 10.5. The van der Waals surface area contributed by atoms with Gasteiger partial charge in [0, 0.05) is 42.0 Å². The fourth-order valence-corrected chi connectivity index (χ4v) is 5.25. The highest BCUT2D eigenvalue weighted by atomic mass is 16.5. The highest BCUT2D eigenvalue weighted by molar-refractivity contribution is 6.16. The number of aliphatic imine (C=N–C) groups is 1. The van der Waals surface area contributed by atoms with Gasteiger partial charge in [-0.3, -0.25) is 20.6 Å². The molecule has 9 heteroatoms. The zero-order chi connectivity index (χ0) is 27.9. The van der Waals surface area contributed by atoms with Crippen LogP contribution in [0.25, 0.3) is 10.8 Å². The van der Waals surface area contributed by atoms with Crippen LogP contribution < -0.4 is 16.2 Å². The summed E-state index contributed by atoms with van der Waals surface area (Å²) in [5, 5.41) is 19.5. The van der Waals surface area contributed by atoms with Crippen LogP contribution in [0.5, 0.6) is 5.75 Å². The lowest BCUT2D eigenvalue weighted by molar-refractivity contribution is 0.0452. The molecule has 40 heavy (non-hydrogen) atoms. The normalized spacial score (nSPS) is 17.1. The summed E-state index contributed by atoms with van der Waals surface area (Å²) in [4.78, 5) is 8.94. The van der Waals surface area contributed by atoms with Gasteiger partial charge in [0.15, 0.2) is 5.84 Å². The summed E-state index contributed by atoms with van der Waals surface area (Å²) in [6.45, 7) is 7.41. The zero-order valence-electron chi connectivity index (χ0n) is 23.0. The van der Waals surface area contributed by atoms with Crippen LogP contribution in [0, 0.1) is 10.8 Å². The van der Waals surface area contributed by atoms with Crippen LogP contribution >= 0.6 is 0 Å². The molecule has 9 nitrogen and oxygen atoms in total. The fraction of sp³-hybridized carbons (Fsp3) is 0.387. The second-order valence-electron chi connectivity index (χ2n) is 10.5. The smallest absolute Gasteiger partial charge is 0.153 e. The van der Waals surface area contributed by atoms with Crippen LogP contribution in [0.15, 0.2) is 59.6 Å². The van der Waals surface area contributed by atoms with Crippen molar-refractivity contribution in [3.8, 4) is 5.75 Å². The van der Waals surface area contributed by atoms with Crippen molar-refractivity contribution in [2.45, 2.75) is 19.3 Å². The zero-order valence-corrected chi connectivity index (χ0v) is 23.0. The molecule has 210 valence electrons. The largest absolute Gasteiger partial charge is 0.492 e. The Balaban J connectivity index is 1.25. The third-order valence-electron chi connectivity index (χ3n) is 7.57. The van der Waals surface area contributed by atoms with E-state index in [1.54, 1.807) is 18.2 Å². The van der Waals surface area contributed by atoms with E-state index in [1.807, 2.05) is 30.3 Å². The Labute approximate surface area is 235 Å². The minimum atomic E-state index is 0.0473. The lowest BCUT2D eigenvalue weighted by Gasteiger charge is -2.26. The fourth-order valence-electron chi connectivity index (χ4n) is 5.25. The number of ether oxygens (including phenoxy) is 2. The summed E-state index contributed by atoms with van der Waals surface area (Å²) in [6, 6.07) is 17.2. The monoisotopic (exact) mass is 541 g/mol. The van der Waals surface area contributed by atoms with E-state index in [1.165, 1.54) is 32.4 Å². The highest BCUT2D eigenvalue weighted by Gasteiger charge is 2.15. The van der Waals surface area contributed by atoms with Gasteiger partial charge in [-0.15, -0.1) is 0 Å². The van der Waals surface area contributed by atoms with Gasteiger partial charge in [0.25, 0.3) is 0 Å². The van der Waals surface area contributed by atoms with Gasteiger partial charge in [-0.25, -0.2) is 4.99 Å². The summed E-state index contributed by atoms with van der Waals surface area (Å²) in [5.41, 5.74) is 15.0. The van der Waals surface area contributed by atoms with Crippen LogP contribution in [-0.4, -0.2) is 86.3 Å². The lowest BCUT2D eigenvalue weighted by atomic mass is 9.96. The molecule has 0 aromatic heterocycles. The number of piperidine rings is 1. The number of benzene rings is 3. The van der Waals surface area contributed by atoms with Gasteiger partial charge in [-0.1, -0.05) is 24.6 Å². The first-order chi connectivity index (χ1) is 19.5. The van der Waals surface area contributed by atoms with Gasteiger partial charge in [0.2, 0.25) is 0 Å². The molecular formula is C31H39N7O2. The quantitative estimate of drug-likeness (QED) is 0.185. The molecule has 5 rings (SSSR count). The molecule has 2 aliphatic heterocycles. The standard InChI is InChI=1S/C31H39N7O2/c32-28-9-7-25(31(35)36-29(33)21-38-12-15-39-16-13-38)20-27(28)30(34)24-5-4-23-19-26(8-6-22(23)18-24)40-17-14-37-10-2-1-3-11-37/h4-9,18-20,34H,1-3,10-17,21,32H2,(H3,33,35,36). The number of anilines is 1. The van der Waals surface area contributed by atoms with E-state index in [-0.39, 0.29) is 5.84 Å². The number of rotatable bonds is 9. The van der Waals surface area contributed by atoms with Crippen LogP contribution in [-0.2, 0) is 4.74 Å². The molecule has 3 aromatic rings. The van der Waals surface area contributed by atoms with E-state index in [2.05, 4.69) is 20.9 Å². The van der Waals surface area contributed by atoms with Crippen LogP contribution in [0.3, 0.4) is 0 Å². The van der Waals surface area contributed by atoms with Crippen molar-refractivity contribution in [3.63, 3.8) is 0 Å². The van der Waals surface area contributed by atoms with Crippen molar-refractivity contribution in [2.24, 2.45) is 10.7 Å². The number of nitrogens with one attached hydrogen (secondary N) is 2. The van der Waals surface area contributed by atoms with E-state index in [9.17, 15) is 0 Å². The first-order valence-corrected chi connectivity index (χ1v) is 14.1. The van der Waals surface area contributed by atoms with Crippen molar-refractivity contribution in [3.05, 3.63) is 71.3 Å².